The quantitative estimate of drug-likeness (QED) is 0.868. The molecule has 0 aliphatic carbocycles. The first-order chi connectivity index (χ1) is 11.1. The molecule has 0 spiro atoms. The van der Waals surface area contributed by atoms with E-state index in [0.717, 1.165) is 12.1 Å². The summed E-state index contributed by atoms with van der Waals surface area (Å²) in [6, 6.07) is 4.38. The summed E-state index contributed by atoms with van der Waals surface area (Å²) in [7, 11) is 0. The molecule has 0 saturated carbocycles. The predicted molar refractivity (Wildman–Crippen MR) is 81.4 cm³/mol. The molecular formula is C16H19FN4O2. The van der Waals surface area contributed by atoms with E-state index in [1.807, 2.05) is 11.5 Å². The molecule has 1 aliphatic rings. The Hall–Kier alpha value is -2.28. The molecule has 1 aromatic heterocycles. The van der Waals surface area contributed by atoms with Crippen molar-refractivity contribution in [2.24, 2.45) is 0 Å². The van der Waals surface area contributed by atoms with Gasteiger partial charge in [-0.1, -0.05) is 0 Å². The minimum Gasteiger partial charge on any atom is -0.366 e. The Morgan fingerprint density at radius 1 is 1.43 bits per heavy atom. The van der Waals surface area contributed by atoms with Crippen molar-refractivity contribution in [1.82, 2.24) is 19.7 Å². The zero-order valence-corrected chi connectivity index (χ0v) is 13.2. The second kappa shape index (κ2) is 6.45. The highest BCUT2D eigenvalue weighted by Gasteiger charge is 2.29. The summed E-state index contributed by atoms with van der Waals surface area (Å²) in [4.78, 5) is 14.3. The molecule has 122 valence electrons. The van der Waals surface area contributed by atoms with Crippen molar-refractivity contribution in [2.45, 2.75) is 26.5 Å². The Morgan fingerprint density at radius 3 is 3.00 bits per heavy atom. The Kier molecular flexibility index (Phi) is 4.38. The van der Waals surface area contributed by atoms with Crippen molar-refractivity contribution in [3.63, 3.8) is 0 Å². The Morgan fingerprint density at radius 2 is 2.26 bits per heavy atom. The summed E-state index contributed by atoms with van der Waals surface area (Å²) in [5, 5.41) is 7.99. The highest BCUT2D eigenvalue weighted by molar-refractivity contribution is 5.94. The average molecular weight is 318 g/mol. The number of morpholine rings is 1. The lowest BCUT2D eigenvalue weighted by molar-refractivity contribution is -0.0284. The minimum absolute atomic E-state index is 0.191. The third-order valence-corrected chi connectivity index (χ3v) is 3.92. The van der Waals surface area contributed by atoms with Gasteiger partial charge < -0.3 is 14.2 Å². The summed E-state index contributed by atoms with van der Waals surface area (Å²) in [5.74, 6) is 0.118. The molecule has 1 saturated heterocycles. The fourth-order valence-electron chi connectivity index (χ4n) is 2.79. The summed E-state index contributed by atoms with van der Waals surface area (Å²) in [5.41, 5.74) is 1.09. The van der Waals surface area contributed by atoms with E-state index in [2.05, 4.69) is 10.2 Å². The summed E-state index contributed by atoms with van der Waals surface area (Å²) in [6.07, 6.45) is 1.33. The van der Waals surface area contributed by atoms with E-state index in [0.29, 0.717) is 31.1 Å². The average Bonchev–Trinajstić information content (AvgIpc) is 3.02. The zero-order valence-electron chi connectivity index (χ0n) is 13.2. The molecule has 1 aromatic carbocycles. The third kappa shape index (κ3) is 3.24. The number of aromatic nitrogens is 3. The number of nitrogens with zero attached hydrogens (tertiary/aromatic N) is 4. The summed E-state index contributed by atoms with van der Waals surface area (Å²) in [6.45, 7) is 5.78. The smallest absolute Gasteiger partial charge is 0.254 e. The van der Waals surface area contributed by atoms with E-state index in [-0.39, 0.29) is 12.0 Å². The van der Waals surface area contributed by atoms with Crippen molar-refractivity contribution in [2.75, 3.05) is 19.7 Å². The van der Waals surface area contributed by atoms with Crippen LogP contribution in [0.4, 0.5) is 4.39 Å². The van der Waals surface area contributed by atoms with Gasteiger partial charge in [-0.05, 0) is 37.6 Å². The number of hydrogen-bond acceptors (Lipinski definition) is 4. The SMILES string of the molecule is CCn1cnnc1[C@@H]1CN(C(=O)c2cc(C)cc(F)c2)CCO1. The molecule has 2 aromatic rings. The van der Waals surface area contributed by atoms with E-state index < -0.39 is 5.82 Å². The molecule has 0 bridgehead atoms. The summed E-state index contributed by atoms with van der Waals surface area (Å²) >= 11 is 0. The molecule has 2 heterocycles. The first-order valence-corrected chi connectivity index (χ1v) is 7.64. The third-order valence-electron chi connectivity index (χ3n) is 3.92. The molecule has 0 unspecified atom stereocenters. The van der Waals surface area contributed by atoms with E-state index in [4.69, 9.17) is 4.74 Å². The van der Waals surface area contributed by atoms with Crippen LogP contribution in [-0.2, 0) is 11.3 Å². The minimum atomic E-state index is -0.399. The number of benzene rings is 1. The number of rotatable bonds is 3. The van der Waals surface area contributed by atoms with Crippen LogP contribution in [-0.4, -0.2) is 45.3 Å². The van der Waals surface area contributed by atoms with Gasteiger partial charge in [0.15, 0.2) is 5.82 Å². The van der Waals surface area contributed by atoms with Gasteiger partial charge >= 0.3 is 0 Å². The molecule has 7 heteroatoms. The maximum absolute atomic E-state index is 13.5. The zero-order chi connectivity index (χ0) is 16.4. The van der Waals surface area contributed by atoms with E-state index >= 15 is 0 Å². The van der Waals surface area contributed by atoms with Crippen molar-refractivity contribution in [1.29, 1.82) is 0 Å². The van der Waals surface area contributed by atoms with Crippen molar-refractivity contribution in [3.05, 3.63) is 47.3 Å². The van der Waals surface area contributed by atoms with Gasteiger partial charge in [-0.15, -0.1) is 10.2 Å². The highest BCUT2D eigenvalue weighted by atomic mass is 19.1. The van der Waals surface area contributed by atoms with Gasteiger partial charge in [0.05, 0.1) is 13.2 Å². The molecule has 0 N–H and O–H groups in total. The van der Waals surface area contributed by atoms with Crippen molar-refractivity contribution < 1.29 is 13.9 Å². The normalized spacial score (nSPS) is 18.2. The lowest BCUT2D eigenvalue weighted by Gasteiger charge is -2.32. The molecule has 23 heavy (non-hydrogen) atoms. The van der Waals surface area contributed by atoms with Gasteiger partial charge in [-0.25, -0.2) is 4.39 Å². The van der Waals surface area contributed by atoms with Gasteiger partial charge in [-0.3, -0.25) is 4.79 Å². The first-order valence-electron chi connectivity index (χ1n) is 7.64. The number of halogens is 1. The number of carbonyl (C=O) groups is 1. The fourth-order valence-corrected chi connectivity index (χ4v) is 2.79. The monoisotopic (exact) mass is 318 g/mol. The lowest BCUT2D eigenvalue weighted by Crippen LogP contribution is -2.43. The van der Waals surface area contributed by atoms with E-state index in [9.17, 15) is 9.18 Å². The van der Waals surface area contributed by atoms with Crippen LogP contribution in [0.15, 0.2) is 24.5 Å². The number of aryl methyl sites for hydroxylation is 2. The molecule has 1 amide bonds. The van der Waals surface area contributed by atoms with Crippen LogP contribution in [0.3, 0.4) is 0 Å². The fraction of sp³-hybridized carbons (Fsp3) is 0.438. The Balaban J connectivity index is 1.79. The van der Waals surface area contributed by atoms with E-state index in [1.54, 1.807) is 24.2 Å². The topological polar surface area (TPSA) is 60.2 Å². The van der Waals surface area contributed by atoms with Crippen LogP contribution in [0.5, 0.6) is 0 Å². The maximum atomic E-state index is 13.5. The molecule has 3 rings (SSSR count). The molecule has 1 fully saturated rings. The van der Waals surface area contributed by atoms with Crippen LogP contribution >= 0.6 is 0 Å². The van der Waals surface area contributed by atoms with Crippen molar-refractivity contribution in [3.8, 4) is 0 Å². The molecule has 1 aliphatic heterocycles. The Labute approximate surface area is 133 Å². The van der Waals surface area contributed by atoms with Crippen molar-refractivity contribution >= 4 is 5.91 Å². The Bertz CT molecular complexity index is 696. The number of amides is 1. The number of hydrogen-bond donors (Lipinski definition) is 0. The second-order valence-corrected chi connectivity index (χ2v) is 5.60. The highest BCUT2D eigenvalue weighted by Crippen LogP contribution is 2.22. The number of carbonyl (C=O) groups excluding carboxylic acids is 1. The largest absolute Gasteiger partial charge is 0.366 e. The number of ether oxygens (including phenoxy) is 1. The maximum Gasteiger partial charge on any atom is 0.254 e. The van der Waals surface area contributed by atoms with E-state index in [1.165, 1.54) is 12.1 Å². The van der Waals surface area contributed by atoms with Gasteiger partial charge in [0.25, 0.3) is 5.91 Å². The lowest BCUT2D eigenvalue weighted by atomic mass is 10.1. The molecule has 6 nitrogen and oxygen atoms in total. The second-order valence-electron chi connectivity index (χ2n) is 5.60. The molecule has 1 atom stereocenters. The van der Waals surface area contributed by atoms with Gasteiger partial charge in [-0.2, -0.15) is 0 Å². The summed E-state index contributed by atoms with van der Waals surface area (Å²) < 4.78 is 21.2. The first kappa shape index (κ1) is 15.6. The molecule has 0 radical (unpaired) electrons. The van der Waals surface area contributed by atoms with Crippen LogP contribution < -0.4 is 0 Å². The van der Waals surface area contributed by atoms with Crippen LogP contribution in [0.1, 0.15) is 34.8 Å². The van der Waals surface area contributed by atoms with Crippen LogP contribution in [0.2, 0.25) is 0 Å². The predicted octanol–water partition coefficient (Wildman–Crippen LogP) is 1.96. The van der Waals surface area contributed by atoms with Gasteiger partial charge in [0.1, 0.15) is 18.2 Å². The molecular weight excluding hydrogens is 299 g/mol. The van der Waals surface area contributed by atoms with Gasteiger partial charge in [0.2, 0.25) is 0 Å². The van der Waals surface area contributed by atoms with Crippen LogP contribution in [0, 0.1) is 12.7 Å². The van der Waals surface area contributed by atoms with Gasteiger partial charge in [0, 0.05) is 18.7 Å². The van der Waals surface area contributed by atoms with Crippen LogP contribution in [0.25, 0.3) is 0 Å². The standard InChI is InChI=1S/C16H19FN4O2/c1-3-20-10-18-19-15(20)14-9-21(4-5-23-14)16(22)12-6-11(2)7-13(17)8-12/h6-8,10,14H,3-5,9H2,1-2H3/t14-/m0/s1.